The van der Waals surface area contributed by atoms with Gasteiger partial charge in [-0.15, -0.1) is 0 Å². The highest BCUT2D eigenvalue weighted by Crippen LogP contribution is 2.38. The van der Waals surface area contributed by atoms with Gasteiger partial charge >= 0.3 is 0 Å². The van der Waals surface area contributed by atoms with Crippen LogP contribution in [0.15, 0.2) is 30.7 Å². The van der Waals surface area contributed by atoms with Crippen molar-refractivity contribution in [3.8, 4) is 17.0 Å². The summed E-state index contributed by atoms with van der Waals surface area (Å²) in [6.45, 7) is 2.38. The second kappa shape index (κ2) is 7.53. The fourth-order valence-corrected chi connectivity index (χ4v) is 3.89. The van der Waals surface area contributed by atoms with Crippen molar-refractivity contribution in [2.75, 3.05) is 13.1 Å². The van der Waals surface area contributed by atoms with Crippen molar-refractivity contribution in [3.05, 3.63) is 42.1 Å². The van der Waals surface area contributed by atoms with E-state index in [1.165, 1.54) is 19.1 Å². The maximum atomic E-state index is 14.1. The van der Waals surface area contributed by atoms with Gasteiger partial charge in [-0.25, -0.2) is 4.39 Å². The summed E-state index contributed by atoms with van der Waals surface area (Å²) in [6.07, 6.45) is 6.33. The minimum absolute atomic E-state index is 0.0914. The third-order valence-electron chi connectivity index (χ3n) is 5.17. The number of nitrogens with one attached hydrogen (secondary N) is 1. The van der Waals surface area contributed by atoms with E-state index >= 15 is 0 Å². The van der Waals surface area contributed by atoms with Crippen LogP contribution in [-0.2, 0) is 16.0 Å². The molecule has 146 valence electrons. The number of likely N-dealkylation sites (tertiary alicyclic amines) is 1. The molecule has 2 aliphatic rings. The monoisotopic (exact) mass is 384 g/mol. The molecule has 2 atom stereocenters. The van der Waals surface area contributed by atoms with E-state index in [0.717, 1.165) is 12.0 Å². The molecule has 0 unspecified atom stereocenters. The Kier molecular flexibility index (Phi) is 4.93. The van der Waals surface area contributed by atoms with Gasteiger partial charge in [0.05, 0.1) is 18.4 Å². The third kappa shape index (κ3) is 3.54. The summed E-state index contributed by atoms with van der Waals surface area (Å²) < 4.78 is 20.1. The van der Waals surface area contributed by atoms with E-state index in [9.17, 15) is 14.0 Å². The van der Waals surface area contributed by atoms with Gasteiger partial charge in [0, 0.05) is 43.4 Å². The predicted molar refractivity (Wildman–Crippen MR) is 99.0 cm³/mol. The average molecular weight is 384 g/mol. The fourth-order valence-electron chi connectivity index (χ4n) is 3.89. The van der Waals surface area contributed by atoms with Crippen molar-refractivity contribution < 1.29 is 18.7 Å². The summed E-state index contributed by atoms with van der Waals surface area (Å²) >= 11 is 0. The van der Waals surface area contributed by atoms with Crippen molar-refractivity contribution in [3.63, 3.8) is 0 Å². The van der Waals surface area contributed by atoms with Gasteiger partial charge in [-0.3, -0.25) is 19.6 Å². The van der Waals surface area contributed by atoms with E-state index in [1.807, 2.05) is 0 Å². The molecule has 8 heteroatoms. The predicted octanol–water partition coefficient (Wildman–Crippen LogP) is 1.71. The first-order chi connectivity index (χ1) is 13.5. The first-order valence-corrected chi connectivity index (χ1v) is 9.33. The lowest BCUT2D eigenvalue weighted by Gasteiger charge is -2.23. The molecular formula is C20H21FN4O3. The molecule has 1 aromatic carbocycles. The fraction of sp³-hybridized carbons (Fsp3) is 0.400. The van der Waals surface area contributed by atoms with Crippen LogP contribution in [0.4, 0.5) is 4.39 Å². The molecule has 1 saturated heterocycles. The maximum Gasteiger partial charge on any atom is 0.242 e. The van der Waals surface area contributed by atoms with Crippen molar-refractivity contribution in [1.82, 2.24) is 20.2 Å². The molecule has 0 radical (unpaired) electrons. The number of fused-ring (bicyclic) bond motifs is 1. The van der Waals surface area contributed by atoms with E-state index in [2.05, 4.69) is 15.3 Å². The second-order valence-electron chi connectivity index (χ2n) is 7.09. The molecule has 7 nitrogen and oxygen atoms in total. The van der Waals surface area contributed by atoms with E-state index < -0.39 is 6.04 Å². The normalized spacial score (nSPS) is 20.6. The molecule has 1 aromatic heterocycles. The Morgan fingerprint density at radius 3 is 2.96 bits per heavy atom. The zero-order chi connectivity index (χ0) is 19.7. The van der Waals surface area contributed by atoms with Gasteiger partial charge in [-0.1, -0.05) is 0 Å². The Labute approximate surface area is 161 Å². The molecule has 0 spiro atoms. The molecule has 4 rings (SSSR count). The van der Waals surface area contributed by atoms with Crippen LogP contribution in [0, 0.1) is 5.82 Å². The number of hydrogen-bond donors (Lipinski definition) is 1. The van der Waals surface area contributed by atoms with Gasteiger partial charge in [0.15, 0.2) is 0 Å². The molecular weight excluding hydrogens is 363 g/mol. The molecule has 0 bridgehead atoms. The summed E-state index contributed by atoms with van der Waals surface area (Å²) in [5.41, 5.74) is 1.83. The molecule has 3 heterocycles. The lowest BCUT2D eigenvalue weighted by atomic mass is 10.0. The summed E-state index contributed by atoms with van der Waals surface area (Å²) in [5.74, 6) is -0.0537. The van der Waals surface area contributed by atoms with Crippen LogP contribution in [0.25, 0.3) is 11.3 Å². The van der Waals surface area contributed by atoms with E-state index in [4.69, 9.17) is 4.74 Å². The number of ether oxygens (including phenoxy) is 1. The minimum Gasteiger partial charge on any atom is -0.487 e. The van der Waals surface area contributed by atoms with Gasteiger partial charge in [0.25, 0.3) is 0 Å². The van der Waals surface area contributed by atoms with Gasteiger partial charge < -0.3 is 15.0 Å². The number of halogens is 1. The smallest absolute Gasteiger partial charge is 0.242 e. The first-order valence-electron chi connectivity index (χ1n) is 9.33. The lowest BCUT2D eigenvalue weighted by Crippen LogP contribution is -2.47. The van der Waals surface area contributed by atoms with Crippen molar-refractivity contribution in [2.45, 2.75) is 38.3 Å². The first kappa shape index (κ1) is 18.3. The lowest BCUT2D eigenvalue weighted by molar-refractivity contribution is -0.137. The summed E-state index contributed by atoms with van der Waals surface area (Å²) in [5, 5.41) is 2.88. The summed E-state index contributed by atoms with van der Waals surface area (Å²) in [6, 6.07) is 2.41. The van der Waals surface area contributed by atoms with Crippen LogP contribution in [0.3, 0.4) is 0 Å². The van der Waals surface area contributed by atoms with Crippen molar-refractivity contribution in [1.29, 1.82) is 0 Å². The average Bonchev–Trinajstić information content (AvgIpc) is 3.33. The van der Waals surface area contributed by atoms with Crippen LogP contribution < -0.4 is 10.1 Å². The molecule has 0 saturated carbocycles. The quantitative estimate of drug-likeness (QED) is 0.868. The third-order valence-corrected chi connectivity index (χ3v) is 5.17. The Morgan fingerprint density at radius 1 is 1.36 bits per heavy atom. The van der Waals surface area contributed by atoms with Gasteiger partial charge in [-0.05, 0) is 25.0 Å². The van der Waals surface area contributed by atoms with Gasteiger partial charge in [0.1, 0.15) is 23.7 Å². The Bertz CT molecular complexity index is 906. The number of amides is 2. The zero-order valence-electron chi connectivity index (χ0n) is 15.5. The number of nitrogens with zero attached hydrogens (tertiary/aromatic N) is 3. The molecule has 28 heavy (non-hydrogen) atoms. The zero-order valence-corrected chi connectivity index (χ0v) is 15.5. The number of rotatable bonds is 4. The summed E-state index contributed by atoms with van der Waals surface area (Å²) in [4.78, 5) is 34.0. The van der Waals surface area contributed by atoms with E-state index in [1.54, 1.807) is 23.5 Å². The number of benzene rings is 1. The van der Waals surface area contributed by atoms with Crippen LogP contribution in [-0.4, -0.2) is 51.9 Å². The van der Waals surface area contributed by atoms with E-state index in [-0.39, 0.29) is 30.3 Å². The van der Waals surface area contributed by atoms with Crippen LogP contribution in [0.1, 0.15) is 25.3 Å². The highest BCUT2D eigenvalue weighted by Gasteiger charge is 2.33. The topological polar surface area (TPSA) is 84.4 Å². The molecule has 2 aliphatic heterocycles. The van der Waals surface area contributed by atoms with Gasteiger partial charge in [-0.2, -0.15) is 0 Å². The Hall–Kier alpha value is -3.03. The standard InChI is InChI=1S/C20H21FN4O3/c1-12(26)25-6-2-3-18(25)20(27)24-10-15-8-13-7-14(21)9-16(19(13)28-15)17-11-22-4-5-23-17/h4-5,7,9,11,15,18H,2-3,6,8,10H2,1H3,(H,24,27)/t15-,18+/m1/s1. The Morgan fingerprint density at radius 2 is 2.21 bits per heavy atom. The molecule has 2 aromatic rings. The number of aromatic nitrogens is 2. The van der Waals surface area contributed by atoms with Crippen LogP contribution >= 0.6 is 0 Å². The molecule has 0 aliphatic carbocycles. The molecule has 1 fully saturated rings. The highest BCUT2D eigenvalue weighted by molar-refractivity contribution is 5.87. The number of carbonyl (C=O) groups excluding carboxylic acids is 2. The minimum atomic E-state index is -0.422. The maximum absolute atomic E-state index is 14.1. The SMILES string of the molecule is CC(=O)N1CCC[C@H]1C(=O)NC[C@H]1Cc2cc(F)cc(-c3cnccn3)c2O1. The highest BCUT2D eigenvalue weighted by atomic mass is 19.1. The number of hydrogen-bond acceptors (Lipinski definition) is 5. The van der Waals surface area contributed by atoms with Crippen molar-refractivity contribution >= 4 is 11.8 Å². The van der Waals surface area contributed by atoms with Gasteiger partial charge in [0.2, 0.25) is 11.8 Å². The van der Waals surface area contributed by atoms with Crippen molar-refractivity contribution in [2.24, 2.45) is 0 Å². The summed E-state index contributed by atoms with van der Waals surface area (Å²) in [7, 11) is 0. The Balaban J connectivity index is 1.44. The molecule has 2 amide bonds. The van der Waals surface area contributed by atoms with Crippen LogP contribution in [0.5, 0.6) is 5.75 Å². The van der Waals surface area contributed by atoms with E-state index in [0.29, 0.717) is 36.4 Å². The largest absolute Gasteiger partial charge is 0.487 e. The molecule has 1 N–H and O–H groups in total. The number of carbonyl (C=O) groups is 2. The second-order valence-corrected chi connectivity index (χ2v) is 7.09. The van der Waals surface area contributed by atoms with Crippen LogP contribution in [0.2, 0.25) is 0 Å².